The number of ether oxygens (including phenoxy) is 1. The predicted molar refractivity (Wildman–Crippen MR) is 113 cm³/mol. The number of H-pyrrole nitrogens is 1. The van der Waals surface area contributed by atoms with Crippen LogP contribution in [0.1, 0.15) is 5.56 Å². The van der Waals surface area contributed by atoms with Crippen LogP contribution in [-0.4, -0.2) is 46.1 Å². The summed E-state index contributed by atoms with van der Waals surface area (Å²) in [6.45, 7) is 1.22. The minimum absolute atomic E-state index is 0.122. The quantitative estimate of drug-likeness (QED) is 0.279. The van der Waals surface area contributed by atoms with Crippen molar-refractivity contribution >= 4 is 22.0 Å². The fraction of sp³-hybridized carbons (Fsp3) is 0.250. The summed E-state index contributed by atoms with van der Waals surface area (Å²) >= 11 is 0.908. The zero-order valence-corrected chi connectivity index (χ0v) is 16.4. The van der Waals surface area contributed by atoms with Crippen LogP contribution >= 0.6 is 11.3 Å². The SMILES string of the molecule is O=c1[nH]c(O)c(Nc2ccc(CCNC[C@H](O)COc3cccc(O)c3)cc2)s1. The largest absolute Gasteiger partial charge is 0.508 e. The fourth-order valence-corrected chi connectivity index (χ4v) is 3.27. The van der Waals surface area contributed by atoms with Gasteiger partial charge >= 0.3 is 4.87 Å². The van der Waals surface area contributed by atoms with Gasteiger partial charge in [-0.1, -0.05) is 29.5 Å². The number of aromatic amines is 1. The van der Waals surface area contributed by atoms with Gasteiger partial charge < -0.3 is 30.7 Å². The smallest absolute Gasteiger partial charge is 0.309 e. The number of rotatable bonds is 10. The van der Waals surface area contributed by atoms with E-state index in [0.717, 1.165) is 29.0 Å². The highest BCUT2D eigenvalue weighted by molar-refractivity contribution is 7.13. The minimum Gasteiger partial charge on any atom is -0.508 e. The van der Waals surface area contributed by atoms with Gasteiger partial charge in [0.1, 0.15) is 24.2 Å². The number of phenolic OH excluding ortho intramolecular Hbond substituents is 1. The van der Waals surface area contributed by atoms with Crippen molar-refractivity contribution in [2.75, 3.05) is 25.0 Å². The van der Waals surface area contributed by atoms with Crippen molar-refractivity contribution in [2.45, 2.75) is 12.5 Å². The molecule has 1 atom stereocenters. The van der Waals surface area contributed by atoms with Crippen LogP contribution in [0.2, 0.25) is 0 Å². The Balaban J connectivity index is 1.36. The Morgan fingerprint density at radius 3 is 2.62 bits per heavy atom. The maximum atomic E-state index is 11.2. The molecule has 0 bridgehead atoms. The molecule has 0 saturated carbocycles. The summed E-state index contributed by atoms with van der Waals surface area (Å²) in [5.41, 5.74) is 1.88. The fourth-order valence-electron chi connectivity index (χ4n) is 2.62. The van der Waals surface area contributed by atoms with Crippen LogP contribution in [0, 0.1) is 0 Å². The van der Waals surface area contributed by atoms with Gasteiger partial charge in [0, 0.05) is 18.3 Å². The number of hydrogen-bond acceptors (Lipinski definition) is 8. The second-order valence-corrected chi connectivity index (χ2v) is 7.41. The zero-order valence-electron chi connectivity index (χ0n) is 15.6. The average Bonchev–Trinajstić information content (AvgIpc) is 3.01. The predicted octanol–water partition coefficient (Wildman–Crippen LogP) is 2.16. The number of nitrogens with one attached hydrogen (secondary N) is 3. The Hall–Kier alpha value is -3.01. The van der Waals surface area contributed by atoms with Gasteiger partial charge in [-0.05, 0) is 42.8 Å². The van der Waals surface area contributed by atoms with E-state index < -0.39 is 6.10 Å². The average molecular weight is 417 g/mol. The molecule has 9 heteroatoms. The van der Waals surface area contributed by atoms with Gasteiger partial charge in [0.2, 0.25) is 5.88 Å². The molecule has 6 N–H and O–H groups in total. The molecule has 8 nitrogen and oxygen atoms in total. The first-order valence-corrected chi connectivity index (χ1v) is 9.90. The van der Waals surface area contributed by atoms with Crippen LogP contribution in [0.15, 0.2) is 53.3 Å². The van der Waals surface area contributed by atoms with Gasteiger partial charge in [0.15, 0.2) is 5.00 Å². The lowest BCUT2D eigenvalue weighted by Crippen LogP contribution is -2.32. The van der Waals surface area contributed by atoms with Gasteiger partial charge in [-0.25, -0.2) is 0 Å². The Bertz CT molecular complexity index is 971. The molecule has 0 fully saturated rings. The Kier molecular flexibility index (Phi) is 7.12. The second-order valence-electron chi connectivity index (χ2n) is 6.43. The molecule has 0 aliphatic rings. The van der Waals surface area contributed by atoms with E-state index in [-0.39, 0.29) is 23.1 Å². The lowest BCUT2D eigenvalue weighted by Gasteiger charge is -2.13. The number of aliphatic hydroxyl groups excluding tert-OH is 1. The molecule has 0 amide bonds. The first-order chi connectivity index (χ1) is 14.0. The number of thiazole rings is 1. The van der Waals surface area contributed by atoms with E-state index in [9.17, 15) is 20.1 Å². The summed E-state index contributed by atoms with van der Waals surface area (Å²) in [4.78, 5) is 13.2. The second kappa shape index (κ2) is 9.97. The number of aromatic nitrogens is 1. The van der Waals surface area contributed by atoms with Crippen LogP contribution in [0.3, 0.4) is 0 Å². The molecule has 0 aliphatic carbocycles. The molecule has 154 valence electrons. The van der Waals surface area contributed by atoms with Crippen molar-refractivity contribution in [3.63, 3.8) is 0 Å². The van der Waals surface area contributed by atoms with E-state index in [1.807, 2.05) is 24.3 Å². The van der Waals surface area contributed by atoms with Gasteiger partial charge in [0.25, 0.3) is 0 Å². The number of hydrogen-bond donors (Lipinski definition) is 6. The summed E-state index contributed by atoms with van der Waals surface area (Å²) in [5.74, 6) is 0.467. The van der Waals surface area contributed by atoms with E-state index in [2.05, 4.69) is 15.6 Å². The molecule has 0 saturated heterocycles. The lowest BCUT2D eigenvalue weighted by molar-refractivity contribution is 0.106. The van der Waals surface area contributed by atoms with Crippen molar-refractivity contribution in [1.82, 2.24) is 10.3 Å². The first kappa shape index (κ1) is 20.7. The maximum absolute atomic E-state index is 11.2. The summed E-state index contributed by atoms with van der Waals surface area (Å²) < 4.78 is 5.44. The monoisotopic (exact) mass is 417 g/mol. The van der Waals surface area contributed by atoms with Gasteiger partial charge in [0.05, 0.1) is 0 Å². The van der Waals surface area contributed by atoms with E-state index >= 15 is 0 Å². The molecule has 2 aromatic carbocycles. The molecule has 0 radical (unpaired) electrons. The molecular formula is C20H23N3O5S. The van der Waals surface area contributed by atoms with Gasteiger partial charge in [-0.15, -0.1) is 0 Å². The highest BCUT2D eigenvalue weighted by Gasteiger charge is 2.07. The standard InChI is InChI=1S/C20H23N3O5S/c24-15-2-1-3-17(10-15)28-12-16(25)11-21-9-8-13-4-6-14(7-5-13)22-19-18(26)23-20(27)29-19/h1-7,10,16,21-22,24-26H,8-9,11-12H2,(H,23,27)/t16-/m0/s1. The minimum atomic E-state index is -0.662. The molecule has 0 unspecified atom stereocenters. The zero-order chi connectivity index (χ0) is 20.6. The van der Waals surface area contributed by atoms with Crippen LogP contribution < -0.4 is 20.2 Å². The third-order valence-electron chi connectivity index (χ3n) is 4.07. The molecule has 1 heterocycles. The Morgan fingerprint density at radius 1 is 1.14 bits per heavy atom. The third-order valence-corrected chi connectivity index (χ3v) is 4.86. The van der Waals surface area contributed by atoms with Crippen LogP contribution in [0.5, 0.6) is 17.4 Å². The van der Waals surface area contributed by atoms with Crippen molar-refractivity contribution in [3.8, 4) is 17.4 Å². The van der Waals surface area contributed by atoms with Gasteiger partial charge in [-0.2, -0.15) is 0 Å². The van der Waals surface area contributed by atoms with Crippen molar-refractivity contribution < 1.29 is 20.1 Å². The third kappa shape index (κ3) is 6.53. The Morgan fingerprint density at radius 2 is 1.93 bits per heavy atom. The molecule has 3 aromatic rings. The molecule has 0 spiro atoms. The summed E-state index contributed by atoms with van der Waals surface area (Å²) in [5, 5.41) is 35.5. The number of anilines is 2. The first-order valence-electron chi connectivity index (χ1n) is 9.08. The maximum Gasteiger partial charge on any atom is 0.309 e. The summed E-state index contributed by atoms with van der Waals surface area (Å²) in [6.07, 6.45) is 0.119. The highest BCUT2D eigenvalue weighted by atomic mass is 32.1. The summed E-state index contributed by atoms with van der Waals surface area (Å²) in [6, 6.07) is 14.1. The van der Waals surface area contributed by atoms with Crippen LogP contribution in [0.25, 0.3) is 0 Å². The highest BCUT2D eigenvalue weighted by Crippen LogP contribution is 2.27. The van der Waals surface area contributed by atoms with E-state index in [1.54, 1.807) is 18.2 Å². The number of benzene rings is 2. The number of aromatic hydroxyl groups is 2. The normalized spacial score (nSPS) is 11.9. The molecule has 0 aliphatic heterocycles. The van der Waals surface area contributed by atoms with E-state index in [0.29, 0.717) is 23.8 Å². The Labute approximate surface area is 171 Å². The van der Waals surface area contributed by atoms with Crippen molar-refractivity contribution in [2.24, 2.45) is 0 Å². The molecule has 3 rings (SSSR count). The molecular weight excluding hydrogens is 394 g/mol. The van der Waals surface area contributed by atoms with Crippen molar-refractivity contribution in [1.29, 1.82) is 0 Å². The van der Waals surface area contributed by atoms with Crippen LogP contribution in [0.4, 0.5) is 10.7 Å². The lowest BCUT2D eigenvalue weighted by atomic mass is 10.1. The topological polar surface area (TPSA) is 127 Å². The molecule has 1 aromatic heterocycles. The molecule has 29 heavy (non-hydrogen) atoms. The number of phenols is 1. The number of aliphatic hydroxyl groups is 1. The van der Waals surface area contributed by atoms with E-state index in [1.165, 1.54) is 6.07 Å². The van der Waals surface area contributed by atoms with Gasteiger partial charge in [-0.3, -0.25) is 9.78 Å². The van der Waals surface area contributed by atoms with Crippen LogP contribution in [-0.2, 0) is 6.42 Å². The summed E-state index contributed by atoms with van der Waals surface area (Å²) in [7, 11) is 0. The van der Waals surface area contributed by atoms with E-state index in [4.69, 9.17) is 4.74 Å². The van der Waals surface area contributed by atoms with Crippen molar-refractivity contribution in [3.05, 3.63) is 63.8 Å².